The predicted octanol–water partition coefficient (Wildman–Crippen LogP) is 0.771. The van der Waals surface area contributed by atoms with Crippen molar-refractivity contribution in [2.24, 2.45) is 0 Å². The Morgan fingerprint density at radius 2 is 2.25 bits per heavy atom. The van der Waals surface area contributed by atoms with Gasteiger partial charge in [0.25, 0.3) is 0 Å². The number of hydrogen-bond acceptors (Lipinski definition) is 3. The van der Waals surface area contributed by atoms with Crippen LogP contribution in [0.2, 0.25) is 0 Å². The Hall–Kier alpha value is -0.870. The van der Waals surface area contributed by atoms with Crippen LogP contribution >= 0.6 is 0 Å². The van der Waals surface area contributed by atoms with Crippen molar-refractivity contribution in [3.8, 4) is 0 Å². The van der Waals surface area contributed by atoms with Gasteiger partial charge in [-0.25, -0.2) is 0 Å². The average Bonchev–Trinajstić information content (AvgIpc) is 2.23. The van der Waals surface area contributed by atoms with E-state index in [0.717, 1.165) is 13.0 Å². The van der Waals surface area contributed by atoms with Crippen molar-refractivity contribution in [2.75, 3.05) is 26.2 Å². The average molecular weight is 228 g/mol. The number of aliphatic hydroxyl groups excluding tert-OH is 1. The zero-order chi connectivity index (χ0) is 12.4. The second-order valence-electron chi connectivity index (χ2n) is 4.06. The van der Waals surface area contributed by atoms with Crippen LogP contribution in [0.3, 0.4) is 0 Å². The molecule has 0 aromatic rings. The molecule has 0 radical (unpaired) electrons. The molecule has 4 nitrogen and oxygen atoms in total. The first kappa shape index (κ1) is 15.1. The third kappa shape index (κ3) is 7.43. The van der Waals surface area contributed by atoms with Gasteiger partial charge in [-0.1, -0.05) is 19.9 Å². The smallest absolute Gasteiger partial charge is 0.222 e. The van der Waals surface area contributed by atoms with Crippen LogP contribution in [0.1, 0.15) is 26.7 Å². The molecule has 0 spiro atoms. The van der Waals surface area contributed by atoms with E-state index in [2.05, 4.69) is 25.7 Å². The summed E-state index contributed by atoms with van der Waals surface area (Å²) in [5.41, 5.74) is 0. The van der Waals surface area contributed by atoms with E-state index in [1.54, 1.807) is 11.0 Å². The fraction of sp³-hybridized carbons (Fsp3) is 0.750. The number of carbonyl (C=O) groups excluding carboxylic acids is 1. The summed E-state index contributed by atoms with van der Waals surface area (Å²) in [6.07, 6.45) is 3.03. The molecule has 0 aromatic carbocycles. The van der Waals surface area contributed by atoms with Crippen molar-refractivity contribution >= 4 is 5.91 Å². The molecule has 2 N–H and O–H groups in total. The minimum absolute atomic E-state index is 0.00379. The summed E-state index contributed by atoms with van der Waals surface area (Å²) in [5, 5.41) is 12.1. The van der Waals surface area contributed by atoms with Crippen molar-refractivity contribution in [2.45, 2.75) is 32.7 Å². The van der Waals surface area contributed by atoms with Gasteiger partial charge in [0.05, 0.1) is 6.61 Å². The second-order valence-corrected chi connectivity index (χ2v) is 4.06. The molecule has 0 bridgehead atoms. The Kier molecular flexibility index (Phi) is 8.85. The van der Waals surface area contributed by atoms with Crippen molar-refractivity contribution in [3.05, 3.63) is 12.7 Å². The summed E-state index contributed by atoms with van der Waals surface area (Å²) in [5.74, 6) is 0.0829. The maximum absolute atomic E-state index is 11.7. The van der Waals surface area contributed by atoms with Gasteiger partial charge in [0.1, 0.15) is 0 Å². The van der Waals surface area contributed by atoms with E-state index in [4.69, 9.17) is 5.11 Å². The lowest BCUT2D eigenvalue weighted by molar-refractivity contribution is -0.131. The topological polar surface area (TPSA) is 52.6 Å². The van der Waals surface area contributed by atoms with Gasteiger partial charge in [-0.2, -0.15) is 0 Å². The zero-order valence-corrected chi connectivity index (χ0v) is 10.4. The number of amides is 1. The molecule has 4 heteroatoms. The summed E-state index contributed by atoms with van der Waals surface area (Å²) in [4.78, 5) is 13.3. The molecular formula is C12H24N2O2. The molecule has 0 saturated heterocycles. The molecule has 0 fully saturated rings. The minimum atomic E-state index is 0.00379. The van der Waals surface area contributed by atoms with E-state index in [1.165, 1.54) is 0 Å². The largest absolute Gasteiger partial charge is 0.395 e. The predicted molar refractivity (Wildman–Crippen MR) is 66.2 cm³/mol. The summed E-state index contributed by atoms with van der Waals surface area (Å²) >= 11 is 0. The maximum atomic E-state index is 11.7. The van der Waals surface area contributed by atoms with Crippen LogP contribution in [0.5, 0.6) is 0 Å². The molecule has 0 atom stereocenters. The highest BCUT2D eigenvalue weighted by Crippen LogP contribution is 1.98. The molecule has 0 aliphatic carbocycles. The van der Waals surface area contributed by atoms with E-state index < -0.39 is 0 Å². The van der Waals surface area contributed by atoms with E-state index in [9.17, 15) is 4.79 Å². The Morgan fingerprint density at radius 3 is 2.75 bits per heavy atom. The SMILES string of the molecule is C=CCN(CCO)C(=O)CCCNC(C)C. The second kappa shape index (κ2) is 9.36. The first-order valence-corrected chi connectivity index (χ1v) is 5.84. The monoisotopic (exact) mass is 228 g/mol. The summed E-state index contributed by atoms with van der Waals surface area (Å²) in [7, 11) is 0. The number of nitrogens with one attached hydrogen (secondary N) is 1. The van der Waals surface area contributed by atoms with Gasteiger partial charge >= 0.3 is 0 Å². The first-order valence-electron chi connectivity index (χ1n) is 5.84. The molecule has 0 unspecified atom stereocenters. The van der Waals surface area contributed by atoms with Crippen LogP contribution in [0.4, 0.5) is 0 Å². The molecule has 16 heavy (non-hydrogen) atoms. The lowest BCUT2D eigenvalue weighted by Gasteiger charge is -2.20. The van der Waals surface area contributed by atoms with Gasteiger partial charge < -0.3 is 15.3 Å². The van der Waals surface area contributed by atoms with Crippen molar-refractivity contribution in [1.82, 2.24) is 10.2 Å². The highest BCUT2D eigenvalue weighted by Gasteiger charge is 2.10. The normalized spacial score (nSPS) is 10.5. The fourth-order valence-corrected chi connectivity index (χ4v) is 1.38. The number of carbonyl (C=O) groups is 1. The Balaban J connectivity index is 3.77. The summed E-state index contributed by atoms with van der Waals surface area (Å²) in [6, 6.07) is 0.455. The van der Waals surface area contributed by atoms with Crippen LogP contribution in [0, 0.1) is 0 Å². The molecule has 0 rings (SSSR count). The van der Waals surface area contributed by atoms with Gasteiger partial charge in [-0.3, -0.25) is 4.79 Å². The van der Waals surface area contributed by atoms with Crippen LogP contribution in [0.15, 0.2) is 12.7 Å². The quantitative estimate of drug-likeness (QED) is 0.453. The Bertz CT molecular complexity index is 205. The van der Waals surface area contributed by atoms with Gasteiger partial charge in [0.15, 0.2) is 0 Å². The van der Waals surface area contributed by atoms with E-state index in [-0.39, 0.29) is 12.5 Å². The molecule has 94 valence electrons. The highest BCUT2D eigenvalue weighted by molar-refractivity contribution is 5.76. The van der Waals surface area contributed by atoms with E-state index in [0.29, 0.717) is 25.6 Å². The lowest BCUT2D eigenvalue weighted by Crippen LogP contribution is -2.34. The zero-order valence-electron chi connectivity index (χ0n) is 10.4. The number of nitrogens with zero attached hydrogens (tertiary/aromatic N) is 1. The van der Waals surface area contributed by atoms with Crippen LogP contribution < -0.4 is 5.32 Å². The van der Waals surface area contributed by atoms with Gasteiger partial charge in [-0.15, -0.1) is 6.58 Å². The molecular weight excluding hydrogens is 204 g/mol. The van der Waals surface area contributed by atoms with Crippen molar-refractivity contribution in [1.29, 1.82) is 0 Å². The highest BCUT2D eigenvalue weighted by atomic mass is 16.3. The third-order valence-electron chi connectivity index (χ3n) is 2.19. The van der Waals surface area contributed by atoms with E-state index in [1.807, 2.05) is 0 Å². The van der Waals surface area contributed by atoms with Crippen molar-refractivity contribution in [3.63, 3.8) is 0 Å². The molecule has 0 aliphatic rings. The lowest BCUT2D eigenvalue weighted by atomic mass is 10.2. The Morgan fingerprint density at radius 1 is 1.56 bits per heavy atom. The van der Waals surface area contributed by atoms with Gasteiger partial charge in [0.2, 0.25) is 5.91 Å². The third-order valence-corrected chi connectivity index (χ3v) is 2.19. The van der Waals surface area contributed by atoms with Crippen LogP contribution in [-0.4, -0.2) is 48.2 Å². The number of aliphatic hydroxyl groups is 1. The van der Waals surface area contributed by atoms with Crippen LogP contribution in [-0.2, 0) is 4.79 Å². The summed E-state index contributed by atoms with van der Waals surface area (Å²) < 4.78 is 0. The molecule has 1 amide bonds. The van der Waals surface area contributed by atoms with E-state index >= 15 is 0 Å². The minimum Gasteiger partial charge on any atom is -0.395 e. The fourth-order valence-electron chi connectivity index (χ4n) is 1.38. The number of rotatable bonds is 9. The van der Waals surface area contributed by atoms with Gasteiger partial charge in [-0.05, 0) is 13.0 Å². The first-order chi connectivity index (χ1) is 7.61. The molecule has 0 heterocycles. The van der Waals surface area contributed by atoms with Crippen molar-refractivity contribution < 1.29 is 9.90 Å². The number of hydrogen-bond donors (Lipinski definition) is 2. The molecule has 0 saturated carbocycles. The summed E-state index contributed by atoms with van der Waals surface area (Å²) in [6.45, 7) is 9.52. The van der Waals surface area contributed by atoms with Crippen LogP contribution in [0.25, 0.3) is 0 Å². The van der Waals surface area contributed by atoms with Gasteiger partial charge in [0, 0.05) is 25.6 Å². The standard InChI is InChI=1S/C12H24N2O2/c1-4-8-14(9-10-15)12(16)6-5-7-13-11(2)3/h4,11,13,15H,1,5-10H2,2-3H3. The Labute approximate surface area is 98.3 Å². The molecule has 0 aromatic heterocycles. The molecule has 0 aliphatic heterocycles. The maximum Gasteiger partial charge on any atom is 0.222 e.